The molecule has 4 heteroatoms. The Balaban J connectivity index is 2.08. The SMILES string of the molecule is CC(C)Oc1ccc(C(Cc2ccc(Cl)cc2)NN)cc1. The van der Waals surface area contributed by atoms with Crippen LogP contribution in [0.5, 0.6) is 5.75 Å². The predicted octanol–water partition coefficient (Wildman–Crippen LogP) is 3.87. The predicted molar refractivity (Wildman–Crippen MR) is 87.4 cm³/mol. The summed E-state index contributed by atoms with van der Waals surface area (Å²) in [6.07, 6.45) is 0.978. The topological polar surface area (TPSA) is 47.3 Å². The molecule has 112 valence electrons. The lowest BCUT2D eigenvalue weighted by Crippen LogP contribution is -2.29. The third-order valence-electron chi connectivity index (χ3n) is 3.21. The van der Waals surface area contributed by atoms with Crippen LogP contribution in [0.25, 0.3) is 0 Å². The lowest BCUT2D eigenvalue weighted by Gasteiger charge is -2.17. The van der Waals surface area contributed by atoms with Crippen LogP contribution in [0.4, 0.5) is 0 Å². The Bertz CT molecular complexity index is 552. The van der Waals surface area contributed by atoms with Crippen molar-refractivity contribution in [3.8, 4) is 5.75 Å². The third-order valence-corrected chi connectivity index (χ3v) is 3.46. The first-order valence-electron chi connectivity index (χ1n) is 7.05. The van der Waals surface area contributed by atoms with E-state index in [1.165, 1.54) is 5.56 Å². The lowest BCUT2D eigenvalue weighted by atomic mass is 9.99. The quantitative estimate of drug-likeness (QED) is 0.629. The molecule has 0 spiro atoms. The van der Waals surface area contributed by atoms with Crippen molar-refractivity contribution in [1.82, 2.24) is 5.43 Å². The minimum absolute atomic E-state index is 0.0549. The maximum Gasteiger partial charge on any atom is 0.119 e. The van der Waals surface area contributed by atoms with E-state index < -0.39 is 0 Å². The molecule has 0 aliphatic rings. The van der Waals surface area contributed by atoms with Crippen LogP contribution in [0.1, 0.15) is 31.0 Å². The van der Waals surface area contributed by atoms with E-state index in [0.29, 0.717) is 0 Å². The minimum atomic E-state index is 0.0549. The second-order valence-electron chi connectivity index (χ2n) is 5.29. The lowest BCUT2D eigenvalue weighted by molar-refractivity contribution is 0.242. The third kappa shape index (κ3) is 4.74. The molecular weight excluding hydrogens is 284 g/mol. The standard InChI is InChI=1S/C17H21ClN2O/c1-12(2)21-16-9-5-14(6-10-16)17(20-19)11-13-3-7-15(18)8-4-13/h3-10,12,17,20H,11,19H2,1-2H3. The van der Waals surface area contributed by atoms with Crippen molar-refractivity contribution in [3.63, 3.8) is 0 Å². The second kappa shape index (κ2) is 7.46. The molecule has 21 heavy (non-hydrogen) atoms. The van der Waals surface area contributed by atoms with Gasteiger partial charge in [-0.15, -0.1) is 0 Å². The van der Waals surface area contributed by atoms with E-state index in [2.05, 4.69) is 5.43 Å². The van der Waals surface area contributed by atoms with Crippen molar-refractivity contribution in [2.75, 3.05) is 0 Å². The average molecular weight is 305 g/mol. The van der Waals surface area contributed by atoms with Crippen LogP contribution >= 0.6 is 11.6 Å². The van der Waals surface area contributed by atoms with Crippen LogP contribution in [-0.2, 0) is 6.42 Å². The summed E-state index contributed by atoms with van der Waals surface area (Å²) in [4.78, 5) is 0. The van der Waals surface area contributed by atoms with Gasteiger partial charge in [-0.05, 0) is 55.7 Å². The van der Waals surface area contributed by atoms with Gasteiger partial charge in [-0.2, -0.15) is 0 Å². The van der Waals surface area contributed by atoms with Crippen molar-refractivity contribution in [2.24, 2.45) is 5.84 Å². The number of nitrogens with one attached hydrogen (secondary N) is 1. The molecule has 0 heterocycles. The smallest absolute Gasteiger partial charge is 0.119 e. The molecule has 0 aliphatic carbocycles. The van der Waals surface area contributed by atoms with Crippen molar-refractivity contribution < 1.29 is 4.74 Å². The van der Waals surface area contributed by atoms with Gasteiger partial charge < -0.3 is 4.74 Å². The molecule has 1 unspecified atom stereocenters. The Kier molecular flexibility index (Phi) is 5.62. The number of nitrogens with two attached hydrogens (primary N) is 1. The van der Waals surface area contributed by atoms with Crippen LogP contribution in [0.3, 0.4) is 0 Å². The number of benzene rings is 2. The van der Waals surface area contributed by atoms with Crippen molar-refractivity contribution in [3.05, 3.63) is 64.7 Å². The number of hydrogen-bond donors (Lipinski definition) is 2. The Morgan fingerprint density at radius 2 is 1.67 bits per heavy atom. The summed E-state index contributed by atoms with van der Waals surface area (Å²) in [5.41, 5.74) is 5.18. The van der Waals surface area contributed by atoms with Crippen molar-refractivity contribution in [1.29, 1.82) is 0 Å². The summed E-state index contributed by atoms with van der Waals surface area (Å²) < 4.78 is 5.65. The highest BCUT2D eigenvalue weighted by Gasteiger charge is 2.11. The van der Waals surface area contributed by atoms with Crippen LogP contribution in [-0.4, -0.2) is 6.10 Å². The fraction of sp³-hybridized carbons (Fsp3) is 0.294. The molecule has 0 bridgehead atoms. The molecular formula is C17H21ClN2O. The van der Waals surface area contributed by atoms with Gasteiger partial charge in [0, 0.05) is 11.1 Å². The van der Waals surface area contributed by atoms with Crippen molar-refractivity contribution in [2.45, 2.75) is 32.4 Å². The summed E-state index contributed by atoms with van der Waals surface area (Å²) in [7, 11) is 0. The Labute approximate surface area is 131 Å². The first-order valence-corrected chi connectivity index (χ1v) is 7.43. The molecule has 0 fully saturated rings. The zero-order valence-electron chi connectivity index (χ0n) is 12.3. The molecule has 0 aliphatic heterocycles. The number of ether oxygens (including phenoxy) is 1. The van der Waals surface area contributed by atoms with Gasteiger partial charge >= 0.3 is 0 Å². The van der Waals surface area contributed by atoms with E-state index in [-0.39, 0.29) is 12.1 Å². The van der Waals surface area contributed by atoms with E-state index in [0.717, 1.165) is 22.8 Å². The van der Waals surface area contributed by atoms with Crippen LogP contribution in [0.2, 0.25) is 5.02 Å². The van der Waals surface area contributed by atoms with Crippen LogP contribution < -0.4 is 16.0 Å². The number of hydrazine groups is 1. The number of hydrogen-bond acceptors (Lipinski definition) is 3. The Morgan fingerprint density at radius 1 is 1.05 bits per heavy atom. The zero-order chi connectivity index (χ0) is 15.2. The van der Waals surface area contributed by atoms with Gasteiger partial charge in [0.2, 0.25) is 0 Å². The molecule has 2 aromatic rings. The fourth-order valence-electron chi connectivity index (χ4n) is 2.18. The second-order valence-corrected chi connectivity index (χ2v) is 5.72. The molecule has 0 saturated carbocycles. The monoisotopic (exact) mass is 304 g/mol. The highest BCUT2D eigenvalue weighted by Crippen LogP contribution is 2.22. The molecule has 0 saturated heterocycles. The Hall–Kier alpha value is -1.55. The Morgan fingerprint density at radius 3 is 2.19 bits per heavy atom. The van der Waals surface area contributed by atoms with Crippen LogP contribution in [0.15, 0.2) is 48.5 Å². The zero-order valence-corrected chi connectivity index (χ0v) is 13.1. The molecule has 2 aromatic carbocycles. The first kappa shape index (κ1) is 15.8. The largest absolute Gasteiger partial charge is 0.491 e. The van der Waals surface area contributed by atoms with E-state index >= 15 is 0 Å². The average Bonchev–Trinajstić information content (AvgIpc) is 2.47. The highest BCUT2D eigenvalue weighted by molar-refractivity contribution is 6.30. The summed E-state index contributed by atoms with van der Waals surface area (Å²) in [6, 6.07) is 15.9. The normalized spacial score (nSPS) is 12.4. The van der Waals surface area contributed by atoms with Gasteiger partial charge in [-0.3, -0.25) is 11.3 Å². The maximum atomic E-state index is 5.90. The van der Waals surface area contributed by atoms with Crippen LogP contribution in [0, 0.1) is 0 Å². The molecule has 3 nitrogen and oxygen atoms in total. The van der Waals surface area contributed by atoms with Crippen molar-refractivity contribution >= 4 is 11.6 Å². The van der Waals surface area contributed by atoms with E-state index in [1.54, 1.807) is 0 Å². The molecule has 1 atom stereocenters. The molecule has 3 N–H and O–H groups in total. The summed E-state index contributed by atoms with van der Waals surface area (Å²) >= 11 is 5.90. The van der Waals surface area contributed by atoms with Gasteiger partial charge in [0.1, 0.15) is 5.75 Å². The van der Waals surface area contributed by atoms with Gasteiger partial charge in [-0.1, -0.05) is 35.9 Å². The minimum Gasteiger partial charge on any atom is -0.491 e. The summed E-state index contributed by atoms with van der Waals surface area (Å²) in [5.74, 6) is 6.57. The molecule has 0 aromatic heterocycles. The molecule has 2 rings (SSSR count). The summed E-state index contributed by atoms with van der Waals surface area (Å²) in [6.45, 7) is 4.03. The number of halogens is 1. The first-order chi connectivity index (χ1) is 10.1. The van der Waals surface area contributed by atoms with E-state index in [4.69, 9.17) is 22.2 Å². The van der Waals surface area contributed by atoms with Gasteiger partial charge in [-0.25, -0.2) is 0 Å². The number of rotatable bonds is 6. The van der Waals surface area contributed by atoms with Gasteiger partial charge in [0.25, 0.3) is 0 Å². The fourth-order valence-corrected chi connectivity index (χ4v) is 2.31. The molecule has 0 amide bonds. The highest BCUT2D eigenvalue weighted by atomic mass is 35.5. The van der Waals surface area contributed by atoms with E-state index in [1.807, 2.05) is 62.4 Å². The van der Waals surface area contributed by atoms with Gasteiger partial charge in [0.05, 0.1) is 6.10 Å². The van der Waals surface area contributed by atoms with Gasteiger partial charge in [0.15, 0.2) is 0 Å². The summed E-state index contributed by atoms with van der Waals surface area (Å²) in [5, 5.41) is 0.742. The maximum absolute atomic E-state index is 5.90. The molecule has 0 radical (unpaired) electrons. The van der Waals surface area contributed by atoms with E-state index in [9.17, 15) is 0 Å².